The summed E-state index contributed by atoms with van der Waals surface area (Å²) in [5.41, 5.74) is 0.855. The highest BCUT2D eigenvalue weighted by Gasteiger charge is 2.36. The van der Waals surface area contributed by atoms with Gasteiger partial charge in [-0.1, -0.05) is 36.8 Å². The molecule has 0 bridgehead atoms. The summed E-state index contributed by atoms with van der Waals surface area (Å²) in [6.07, 6.45) is -0.363. The third-order valence-corrected chi connectivity index (χ3v) is 6.21. The molecule has 2 fully saturated rings. The van der Waals surface area contributed by atoms with Gasteiger partial charge in [0.1, 0.15) is 12.6 Å². The third kappa shape index (κ3) is 9.98. The minimum Gasteiger partial charge on any atom is -0.445 e. The molecule has 0 aromatic heterocycles. The molecule has 1 aromatic carbocycles. The number of imide groups is 2. The zero-order valence-corrected chi connectivity index (χ0v) is 22.8. The lowest BCUT2D eigenvalue weighted by atomic mass is 10.1. The van der Waals surface area contributed by atoms with Gasteiger partial charge in [0.05, 0.1) is 6.42 Å². The van der Waals surface area contributed by atoms with Crippen molar-refractivity contribution in [2.45, 2.75) is 76.9 Å². The molecular weight excluding hydrogens is 556 g/mol. The molecule has 3 rings (SSSR count). The van der Waals surface area contributed by atoms with Gasteiger partial charge in [-0.15, -0.1) is 10.1 Å². The topological polar surface area (TPSA) is 195 Å². The summed E-state index contributed by atoms with van der Waals surface area (Å²) in [5, 5.41) is 5.71. The van der Waals surface area contributed by atoms with Crippen molar-refractivity contribution in [3.8, 4) is 0 Å². The minimum atomic E-state index is -1.43. The number of nitrogens with one attached hydrogen (secondary N) is 2. The monoisotopic (exact) mass is 588 g/mol. The summed E-state index contributed by atoms with van der Waals surface area (Å²) in [5.74, 6) is -5.52. The number of ether oxygens (including phenoxy) is 1. The lowest BCUT2D eigenvalue weighted by Gasteiger charge is -2.20. The van der Waals surface area contributed by atoms with E-state index in [0.29, 0.717) is 35.9 Å². The second kappa shape index (κ2) is 15.8. The number of alkyl carbamates (subject to hydrolysis) is 1. The van der Waals surface area contributed by atoms with Gasteiger partial charge in [0.2, 0.25) is 5.91 Å². The number of nitrogens with zero attached hydrogens (tertiary/aromatic N) is 2. The predicted molar refractivity (Wildman–Crippen MR) is 139 cm³/mol. The molecule has 0 spiro atoms. The minimum absolute atomic E-state index is 0.00889. The van der Waals surface area contributed by atoms with E-state index in [-0.39, 0.29) is 45.1 Å². The van der Waals surface area contributed by atoms with Crippen LogP contribution < -0.4 is 10.6 Å². The van der Waals surface area contributed by atoms with Crippen molar-refractivity contribution in [2.75, 3.05) is 6.54 Å². The van der Waals surface area contributed by atoms with Crippen molar-refractivity contribution in [3.63, 3.8) is 0 Å². The first-order valence-electron chi connectivity index (χ1n) is 13.5. The van der Waals surface area contributed by atoms with Crippen molar-refractivity contribution in [2.24, 2.45) is 0 Å². The van der Waals surface area contributed by atoms with Gasteiger partial charge in [-0.2, -0.15) is 0 Å². The van der Waals surface area contributed by atoms with Crippen LogP contribution in [0.25, 0.3) is 0 Å². The summed E-state index contributed by atoms with van der Waals surface area (Å²) in [7, 11) is 0. The Hall–Kier alpha value is -4.82. The van der Waals surface area contributed by atoms with Crippen LogP contribution in [-0.4, -0.2) is 70.3 Å². The van der Waals surface area contributed by atoms with Crippen LogP contribution in [0, 0.1) is 0 Å². The second-order valence-corrected chi connectivity index (χ2v) is 9.50. The number of carbonyl (C=O) groups excluding carboxylic acids is 8. The Morgan fingerprint density at radius 2 is 1.36 bits per heavy atom. The van der Waals surface area contributed by atoms with E-state index in [9.17, 15) is 38.4 Å². The maximum atomic E-state index is 12.7. The summed E-state index contributed by atoms with van der Waals surface area (Å²) < 4.78 is 5.11. The Morgan fingerprint density at radius 1 is 0.762 bits per heavy atom. The molecule has 1 aromatic rings. The average Bonchev–Trinajstić information content (AvgIpc) is 3.46. The van der Waals surface area contributed by atoms with Gasteiger partial charge >= 0.3 is 18.0 Å². The Bertz CT molecular complexity index is 1170. The van der Waals surface area contributed by atoms with Crippen LogP contribution in [0.5, 0.6) is 0 Å². The first kappa shape index (κ1) is 31.7. The van der Waals surface area contributed by atoms with Crippen molar-refractivity contribution in [1.82, 2.24) is 20.8 Å². The fourth-order valence-electron chi connectivity index (χ4n) is 3.95. The van der Waals surface area contributed by atoms with Gasteiger partial charge in [-0.3, -0.25) is 24.0 Å². The Balaban J connectivity index is 1.40. The smallest absolute Gasteiger partial charge is 0.407 e. The molecule has 0 saturated carbocycles. The van der Waals surface area contributed by atoms with E-state index in [1.165, 1.54) is 0 Å². The third-order valence-electron chi connectivity index (χ3n) is 6.21. The summed E-state index contributed by atoms with van der Waals surface area (Å²) >= 11 is 0. The molecular formula is C27H32N4O11. The number of rotatable bonds is 15. The zero-order valence-electron chi connectivity index (χ0n) is 22.8. The van der Waals surface area contributed by atoms with Crippen LogP contribution in [0.3, 0.4) is 0 Å². The van der Waals surface area contributed by atoms with Crippen LogP contribution >= 0.6 is 0 Å². The molecule has 2 aliphatic heterocycles. The van der Waals surface area contributed by atoms with E-state index >= 15 is 0 Å². The molecule has 2 saturated heterocycles. The summed E-state index contributed by atoms with van der Waals surface area (Å²) in [6.45, 7) is 0.467. The fourth-order valence-corrected chi connectivity index (χ4v) is 3.95. The quantitative estimate of drug-likeness (QED) is 0.219. The molecule has 0 radical (unpaired) electrons. The number of benzene rings is 1. The van der Waals surface area contributed by atoms with Gasteiger partial charge in [0, 0.05) is 38.6 Å². The van der Waals surface area contributed by atoms with Crippen molar-refractivity contribution in [3.05, 3.63) is 35.9 Å². The lowest BCUT2D eigenvalue weighted by molar-refractivity contribution is -0.200. The number of hydroxylamine groups is 4. The standard InChI is InChI=1S/C27H32N4O11/c32-20(9-5-2-6-16-28-27(39)40-17-18-7-3-1-4-8-18)29-19(26(38)42-31-23(35)13-14-24(31)36)10-15-25(37)41-30-21(33)11-12-22(30)34/h1,3-4,7-8,19H,2,5-6,9-17H2,(H,28,39)(H,29,32)/t19-/m0/s1. The van der Waals surface area contributed by atoms with Crippen LogP contribution in [0.2, 0.25) is 0 Å². The van der Waals surface area contributed by atoms with E-state index in [2.05, 4.69) is 10.6 Å². The first-order chi connectivity index (χ1) is 20.1. The molecule has 15 nitrogen and oxygen atoms in total. The van der Waals surface area contributed by atoms with Gasteiger partial charge in [-0.05, 0) is 24.8 Å². The highest BCUT2D eigenvalue weighted by molar-refractivity contribution is 6.02. The SMILES string of the molecule is O=C(CCCCCNC(=O)OCc1ccccc1)N[C@@H](CCC(=O)ON1C(=O)CCC1=O)C(=O)ON1C(=O)CCC1=O. The van der Waals surface area contributed by atoms with Gasteiger partial charge in [0.25, 0.3) is 23.6 Å². The molecule has 2 N–H and O–H groups in total. The molecule has 6 amide bonds. The van der Waals surface area contributed by atoms with E-state index < -0.39 is 60.0 Å². The number of hydrogen-bond acceptors (Lipinski definition) is 11. The van der Waals surface area contributed by atoms with Crippen molar-refractivity contribution in [1.29, 1.82) is 0 Å². The van der Waals surface area contributed by atoms with Gasteiger partial charge in [0.15, 0.2) is 0 Å². The average molecular weight is 589 g/mol. The van der Waals surface area contributed by atoms with Crippen LogP contribution in [-0.2, 0) is 54.6 Å². The Kier molecular flexibility index (Phi) is 12.0. The van der Waals surface area contributed by atoms with Crippen LogP contribution in [0.4, 0.5) is 4.79 Å². The predicted octanol–water partition coefficient (Wildman–Crippen LogP) is 0.953. The Labute approximate surface area is 240 Å². The van der Waals surface area contributed by atoms with E-state index in [0.717, 1.165) is 5.56 Å². The highest BCUT2D eigenvalue weighted by atomic mass is 16.7. The van der Waals surface area contributed by atoms with Crippen molar-refractivity contribution < 1.29 is 52.8 Å². The van der Waals surface area contributed by atoms with Crippen LogP contribution in [0.1, 0.15) is 69.8 Å². The number of amides is 6. The Morgan fingerprint density at radius 3 is 1.98 bits per heavy atom. The number of hydrogen-bond donors (Lipinski definition) is 2. The normalized spacial score (nSPS) is 15.4. The maximum Gasteiger partial charge on any atom is 0.407 e. The second-order valence-electron chi connectivity index (χ2n) is 9.50. The fraction of sp³-hybridized carbons (Fsp3) is 0.481. The summed E-state index contributed by atoms with van der Waals surface area (Å²) in [6, 6.07) is 7.76. The van der Waals surface area contributed by atoms with Crippen LogP contribution in [0.15, 0.2) is 30.3 Å². The molecule has 226 valence electrons. The molecule has 2 heterocycles. The van der Waals surface area contributed by atoms with E-state index in [1.807, 2.05) is 30.3 Å². The number of unbranched alkanes of at least 4 members (excludes halogenated alkanes) is 2. The molecule has 0 aliphatic carbocycles. The van der Waals surface area contributed by atoms with E-state index in [4.69, 9.17) is 14.4 Å². The highest BCUT2D eigenvalue weighted by Crippen LogP contribution is 2.16. The van der Waals surface area contributed by atoms with Gasteiger partial charge < -0.3 is 25.0 Å². The zero-order chi connectivity index (χ0) is 30.5. The molecule has 15 heteroatoms. The molecule has 1 atom stereocenters. The van der Waals surface area contributed by atoms with Gasteiger partial charge in [-0.25, -0.2) is 14.4 Å². The lowest BCUT2D eigenvalue weighted by Crippen LogP contribution is -2.45. The molecule has 0 unspecified atom stereocenters. The number of carbonyl (C=O) groups is 8. The van der Waals surface area contributed by atoms with E-state index in [1.54, 1.807) is 0 Å². The maximum absolute atomic E-state index is 12.7. The molecule has 2 aliphatic rings. The molecule has 42 heavy (non-hydrogen) atoms. The largest absolute Gasteiger partial charge is 0.445 e. The summed E-state index contributed by atoms with van der Waals surface area (Å²) in [4.78, 5) is 106. The first-order valence-corrected chi connectivity index (χ1v) is 13.5. The van der Waals surface area contributed by atoms with Crippen molar-refractivity contribution >= 4 is 47.6 Å².